The summed E-state index contributed by atoms with van der Waals surface area (Å²) in [5, 5.41) is 3.51. The highest BCUT2D eigenvalue weighted by atomic mass is 35.5. The second-order valence-corrected chi connectivity index (χ2v) is 8.02. The number of anilines is 1. The van der Waals surface area contributed by atoms with Crippen molar-refractivity contribution in [3.63, 3.8) is 0 Å². The number of alkyl halides is 2. The smallest absolute Gasteiger partial charge is 0.231 e. The Hall–Kier alpha value is -1.000. The lowest BCUT2D eigenvalue weighted by molar-refractivity contribution is -0.117. The second-order valence-electron chi connectivity index (χ2n) is 5.76. The summed E-state index contributed by atoms with van der Waals surface area (Å²) >= 11 is 24.5. The molecule has 2 aromatic rings. The molecule has 0 aromatic heterocycles. The van der Waals surface area contributed by atoms with Gasteiger partial charge in [-0.05, 0) is 48.4 Å². The summed E-state index contributed by atoms with van der Waals surface area (Å²) in [5.74, 6) is -1.69. The largest absolute Gasteiger partial charge is 0.326 e. The number of carbonyl (C=O) groups is 1. The number of benzene rings is 2. The van der Waals surface area contributed by atoms with Crippen LogP contribution in [0.5, 0.6) is 0 Å². The van der Waals surface area contributed by atoms with Crippen LogP contribution >= 0.6 is 46.4 Å². The maximum atomic E-state index is 13.3. The van der Waals surface area contributed by atoms with E-state index >= 15 is 0 Å². The summed E-state index contributed by atoms with van der Waals surface area (Å²) in [4.78, 5) is 12.5. The molecule has 1 aliphatic rings. The van der Waals surface area contributed by atoms with Gasteiger partial charge in [-0.1, -0.05) is 29.3 Å². The van der Waals surface area contributed by atoms with Crippen molar-refractivity contribution in [3.05, 3.63) is 63.4 Å². The molecule has 24 heavy (non-hydrogen) atoms. The van der Waals surface area contributed by atoms with Crippen molar-refractivity contribution in [1.29, 1.82) is 0 Å². The van der Waals surface area contributed by atoms with Gasteiger partial charge < -0.3 is 5.32 Å². The minimum absolute atomic E-state index is 0.331. The molecule has 7 heteroatoms. The zero-order valence-corrected chi connectivity index (χ0v) is 15.4. The number of aryl methyl sites for hydroxylation is 1. The molecule has 1 aliphatic carbocycles. The van der Waals surface area contributed by atoms with E-state index in [1.807, 2.05) is 0 Å². The molecule has 2 aromatic carbocycles. The maximum Gasteiger partial charge on any atom is 0.231 e. The molecular weight excluding hydrogens is 395 g/mol. The van der Waals surface area contributed by atoms with Crippen molar-refractivity contribution in [2.75, 3.05) is 5.32 Å². The molecule has 0 radical (unpaired) electrons. The first kappa shape index (κ1) is 17.8. The third-order valence-electron chi connectivity index (χ3n) is 4.06. The van der Waals surface area contributed by atoms with Crippen LogP contribution in [0.15, 0.2) is 36.4 Å². The highest BCUT2D eigenvalue weighted by molar-refractivity contribution is 6.53. The van der Waals surface area contributed by atoms with Gasteiger partial charge in [-0.3, -0.25) is 4.79 Å². The molecule has 1 amide bonds. The van der Waals surface area contributed by atoms with E-state index in [1.54, 1.807) is 31.2 Å². The van der Waals surface area contributed by atoms with Crippen molar-refractivity contribution in [2.45, 2.75) is 17.2 Å². The minimum Gasteiger partial charge on any atom is -0.326 e. The summed E-state index contributed by atoms with van der Waals surface area (Å²) in [6.07, 6.45) is 0. The van der Waals surface area contributed by atoms with Crippen LogP contribution in [0.25, 0.3) is 0 Å². The Balaban J connectivity index is 1.79. The predicted molar refractivity (Wildman–Crippen MR) is 96.9 cm³/mol. The highest BCUT2D eigenvalue weighted by Crippen LogP contribution is 2.65. The van der Waals surface area contributed by atoms with Gasteiger partial charge >= 0.3 is 0 Å². The van der Waals surface area contributed by atoms with E-state index in [9.17, 15) is 9.18 Å². The van der Waals surface area contributed by atoms with Crippen LogP contribution in [0.1, 0.15) is 17.0 Å². The number of carbonyl (C=O) groups excluding carboxylic acids is 1. The fraction of sp³-hybridized carbons (Fsp3) is 0.235. The molecule has 0 bridgehead atoms. The first-order valence-electron chi connectivity index (χ1n) is 7.11. The fourth-order valence-electron chi connectivity index (χ4n) is 2.72. The Morgan fingerprint density at radius 2 is 1.83 bits per heavy atom. The van der Waals surface area contributed by atoms with Gasteiger partial charge in [-0.15, -0.1) is 23.2 Å². The molecule has 0 saturated heterocycles. The zero-order chi connectivity index (χ0) is 17.6. The molecule has 0 aliphatic heterocycles. The quantitative estimate of drug-likeness (QED) is 0.625. The van der Waals surface area contributed by atoms with Gasteiger partial charge in [-0.2, -0.15) is 0 Å². The topological polar surface area (TPSA) is 29.1 Å². The third-order valence-corrected chi connectivity index (χ3v) is 5.74. The Labute approximate surface area is 158 Å². The van der Waals surface area contributed by atoms with Gasteiger partial charge in [0, 0.05) is 11.6 Å². The normalized spacial score (nSPS) is 21.4. The lowest BCUT2D eigenvalue weighted by Crippen LogP contribution is -2.17. The monoisotopic (exact) mass is 405 g/mol. The first-order chi connectivity index (χ1) is 11.2. The molecule has 1 fully saturated rings. The lowest BCUT2D eigenvalue weighted by atomic mass is 10.1. The van der Waals surface area contributed by atoms with E-state index < -0.39 is 16.2 Å². The van der Waals surface area contributed by atoms with Crippen LogP contribution in [0.4, 0.5) is 10.1 Å². The molecule has 2 atom stereocenters. The van der Waals surface area contributed by atoms with E-state index in [4.69, 9.17) is 46.4 Å². The highest BCUT2D eigenvalue weighted by Gasteiger charge is 2.67. The van der Waals surface area contributed by atoms with Gasteiger partial charge in [0.15, 0.2) is 0 Å². The van der Waals surface area contributed by atoms with Crippen LogP contribution in [0, 0.1) is 18.7 Å². The molecule has 0 spiro atoms. The summed E-state index contributed by atoms with van der Waals surface area (Å²) in [5.41, 5.74) is 1.67. The molecule has 2 unspecified atom stereocenters. The van der Waals surface area contributed by atoms with Crippen LogP contribution in [0.2, 0.25) is 10.0 Å². The van der Waals surface area contributed by atoms with Gasteiger partial charge in [-0.25, -0.2) is 4.39 Å². The second kappa shape index (κ2) is 6.38. The van der Waals surface area contributed by atoms with Gasteiger partial charge in [0.1, 0.15) is 10.2 Å². The molecule has 2 nitrogen and oxygen atoms in total. The fourth-order valence-corrected chi connectivity index (χ4v) is 3.85. The SMILES string of the molecule is Cc1cc(NC(=O)C2C(c3ccc(Cl)c(Cl)c3)C2(Cl)Cl)ccc1F. The number of nitrogens with one attached hydrogen (secondary N) is 1. The Morgan fingerprint density at radius 1 is 1.12 bits per heavy atom. The minimum atomic E-state index is -1.23. The number of amides is 1. The zero-order valence-electron chi connectivity index (χ0n) is 12.4. The van der Waals surface area contributed by atoms with E-state index in [2.05, 4.69) is 5.32 Å². The summed E-state index contributed by atoms with van der Waals surface area (Å²) in [6.45, 7) is 1.62. The Bertz CT molecular complexity index is 824. The lowest BCUT2D eigenvalue weighted by Gasteiger charge is -2.06. The van der Waals surface area contributed by atoms with Crippen molar-refractivity contribution >= 4 is 58.0 Å². The Kier molecular flexibility index (Phi) is 4.73. The standard InChI is InChI=1S/C17H12Cl4FNO/c1-8-6-10(3-5-13(8)22)23-16(24)15-14(17(15,20)21)9-2-4-11(18)12(19)7-9/h2-7,14-15H,1H3,(H,23,24). The molecule has 0 heterocycles. The van der Waals surface area contributed by atoms with E-state index in [0.717, 1.165) is 5.56 Å². The van der Waals surface area contributed by atoms with Gasteiger partial charge in [0.25, 0.3) is 0 Å². The van der Waals surface area contributed by atoms with Gasteiger partial charge in [0.05, 0.1) is 16.0 Å². The van der Waals surface area contributed by atoms with Crippen molar-refractivity contribution in [2.24, 2.45) is 5.92 Å². The van der Waals surface area contributed by atoms with Crippen molar-refractivity contribution in [3.8, 4) is 0 Å². The van der Waals surface area contributed by atoms with Crippen LogP contribution < -0.4 is 5.32 Å². The first-order valence-corrected chi connectivity index (χ1v) is 8.62. The van der Waals surface area contributed by atoms with E-state index in [-0.39, 0.29) is 11.7 Å². The summed E-state index contributed by atoms with van der Waals surface area (Å²) in [7, 11) is 0. The number of halogens is 5. The van der Waals surface area contributed by atoms with Crippen LogP contribution in [-0.2, 0) is 4.79 Å². The average Bonchev–Trinajstić information content (AvgIpc) is 3.08. The number of hydrogen-bond donors (Lipinski definition) is 1. The van der Waals surface area contributed by atoms with Gasteiger partial charge in [0.2, 0.25) is 5.91 Å². The van der Waals surface area contributed by atoms with E-state index in [0.29, 0.717) is 21.3 Å². The van der Waals surface area contributed by atoms with Crippen LogP contribution in [0.3, 0.4) is 0 Å². The van der Waals surface area contributed by atoms with E-state index in [1.165, 1.54) is 12.1 Å². The molecule has 3 rings (SSSR count). The number of hydrogen-bond acceptors (Lipinski definition) is 1. The van der Waals surface area contributed by atoms with Crippen molar-refractivity contribution in [1.82, 2.24) is 0 Å². The van der Waals surface area contributed by atoms with Crippen molar-refractivity contribution < 1.29 is 9.18 Å². The van der Waals surface area contributed by atoms with Crippen LogP contribution in [-0.4, -0.2) is 10.2 Å². The Morgan fingerprint density at radius 3 is 2.46 bits per heavy atom. The number of rotatable bonds is 3. The summed E-state index contributed by atoms with van der Waals surface area (Å²) < 4.78 is 12.1. The summed E-state index contributed by atoms with van der Waals surface area (Å²) in [6, 6.07) is 9.37. The molecule has 1 saturated carbocycles. The molecule has 126 valence electrons. The maximum absolute atomic E-state index is 13.3. The predicted octanol–water partition coefficient (Wildman–Crippen LogP) is 5.97. The third kappa shape index (κ3) is 3.23. The average molecular weight is 407 g/mol. The molecular formula is C17H12Cl4FNO. The molecule has 1 N–H and O–H groups in total.